The van der Waals surface area contributed by atoms with Gasteiger partial charge in [-0.2, -0.15) is 0 Å². The molecule has 2 aliphatic rings. The van der Waals surface area contributed by atoms with Gasteiger partial charge in [0.15, 0.2) is 0 Å². The molecule has 2 aromatic rings. The molecule has 29 heavy (non-hydrogen) atoms. The van der Waals surface area contributed by atoms with Crippen molar-refractivity contribution in [1.82, 2.24) is 15.5 Å². The first-order chi connectivity index (χ1) is 14.1. The molecule has 0 aromatic heterocycles. The first-order valence-corrected chi connectivity index (χ1v) is 10.1. The molecule has 1 heterocycles. The van der Waals surface area contributed by atoms with Crippen molar-refractivity contribution >= 4 is 17.8 Å². The third-order valence-electron chi connectivity index (χ3n) is 5.66. The molecule has 0 radical (unpaired) electrons. The standard InChI is InChI=1S/C23H25N3O3/c27-21(24-19-12-6-10-17-9-4-5-11-18(17)19)14-13-20-22(28)26(23(29)25-20)15-16-7-2-1-3-8-16/h1-5,7-9,11,19-20H,6,10,12-15H2,(H,24,27)(H,25,29). The van der Waals surface area contributed by atoms with Crippen molar-refractivity contribution in [3.63, 3.8) is 0 Å². The Hall–Kier alpha value is -3.15. The fraction of sp³-hybridized carbons (Fsp3) is 0.348. The molecule has 4 amide bonds. The Balaban J connectivity index is 1.31. The summed E-state index contributed by atoms with van der Waals surface area (Å²) in [6.07, 6.45) is 3.52. The van der Waals surface area contributed by atoms with E-state index in [0.717, 1.165) is 24.8 Å². The number of benzene rings is 2. The van der Waals surface area contributed by atoms with E-state index in [2.05, 4.69) is 22.8 Å². The van der Waals surface area contributed by atoms with E-state index in [1.165, 1.54) is 16.0 Å². The van der Waals surface area contributed by atoms with E-state index in [1.54, 1.807) is 0 Å². The highest BCUT2D eigenvalue weighted by Gasteiger charge is 2.37. The van der Waals surface area contributed by atoms with Crippen LogP contribution in [0.3, 0.4) is 0 Å². The molecule has 1 aliphatic carbocycles. The fourth-order valence-corrected chi connectivity index (χ4v) is 4.13. The van der Waals surface area contributed by atoms with Gasteiger partial charge in [0.2, 0.25) is 5.91 Å². The number of carbonyl (C=O) groups is 3. The number of carbonyl (C=O) groups excluding carboxylic acids is 3. The Morgan fingerprint density at radius 3 is 2.66 bits per heavy atom. The van der Waals surface area contributed by atoms with Crippen LogP contribution in [-0.4, -0.2) is 28.8 Å². The number of fused-ring (bicyclic) bond motifs is 1. The molecule has 1 aliphatic heterocycles. The van der Waals surface area contributed by atoms with Crippen LogP contribution in [0.4, 0.5) is 4.79 Å². The molecule has 0 spiro atoms. The van der Waals surface area contributed by atoms with Crippen LogP contribution in [0, 0.1) is 0 Å². The van der Waals surface area contributed by atoms with Crippen molar-refractivity contribution in [2.45, 2.75) is 50.7 Å². The Bertz CT molecular complexity index is 913. The van der Waals surface area contributed by atoms with Gasteiger partial charge >= 0.3 is 6.03 Å². The summed E-state index contributed by atoms with van der Waals surface area (Å²) in [5.74, 6) is -0.357. The summed E-state index contributed by atoms with van der Waals surface area (Å²) in [4.78, 5) is 38.5. The van der Waals surface area contributed by atoms with Crippen LogP contribution in [-0.2, 0) is 22.6 Å². The van der Waals surface area contributed by atoms with E-state index in [-0.39, 0.29) is 30.8 Å². The predicted octanol–water partition coefficient (Wildman–Crippen LogP) is 3.08. The highest BCUT2D eigenvalue weighted by Crippen LogP contribution is 2.29. The van der Waals surface area contributed by atoms with Gasteiger partial charge in [-0.05, 0) is 42.4 Å². The zero-order valence-corrected chi connectivity index (χ0v) is 16.3. The Morgan fingerprint density at radius 2 is 1.83 bits per heavy atom. The number of imide groups is 1. The average molecular weight is 391 g/mol. The van der Waals surface area contributed by atoms with E-state index in [9.17, 15) is 14.4 Å². The first kappa shape index (κ1) is 19.2. The molecule has 2 unspecified atom stereocenters. The van der Waals surface area contributed by atoms with Crippen molar-refractivity contribution in [2.75, 3.05) is 0 Å². The zero-order chi connectivity index (χ0) is 20.2. The van der Waals surface area contributed by atoms with E-state index >= 15 is 0 Å². The van der Waals surface area contributed by atoms with Gasteiger partial charge in [-0.3, -0.25) is 14.5 Å². The van der Waals surface area contributed by atoms with Gasteiger partial charge in [0.1, 0.15) is 6.04 Å². The van der Waals surface area contributed by atoms with Crippen molar-refractivity contribution in [3.05, 3.63) is 71.3 Å². The predicted molar refractivity (Wildman–Crippen MR) is 109 cm³/mol. The summed E-state index contributed by atoms with van der Waals surface area (Å²) < 4.78 is 0. The maximum absolute atomic E-state index is 12.6. The summed E-state index contributed by atoms with van der Waals surface area (Å²) in [6, 6.07) is 16.6. The van der Waals surface area contributed by atoms with E-state index in [0.29, 0.717) is 6.42 Å². The lowest BCUT2D eigenvalue weighted by Gasteiger charge is -2.26. The largest absolute Gasteiger partial charge is 0.349 e. The van der Waals surface area contributed by atoms with Crippen molar-refractivity contribution in [1.29, 1.82) is 0 Å². The second-order valence-corrected chi connectivity index (χ2v) is 7.66. The van der Waals surface area contributed by atoms with Crippen LogP contribution < -0.4 is 10.6 Å². The maximum atomic E-state index is 12.6. The van der Waals surface area contributed by atoms with Crippen LogP contribution in [0.2, 0.25) is 0 Å². The van der Waals surface area contributed by atoms with Crippen LogP contribution in [0.25, 0.3) is 0 Å². The quantitative estimate of drug-likeness (QED) is 0.743. The van der Waals surface area contributed by atoms with E-state index in [1.807, 2.05) is 42.5 Å². The second-order valence-electron chi connectivity index (χ2n) is 7.66. The highest BCUT2D eigenvalue weighted by molar-refractivity contribution is 6.04. The summed E-state index contributed by atoms with van der Waals surface area (Å²) in [5, 5.41) is 5.81. The van der Waals surface area contributed by atoms with Crippen LogP contribution in [0.15, 0.2) is 54.6 Å². The van der Waals surface area contributed by atoms with Gasteiger partial charge in [-0.15, -0.1) is 0 Å². The minimum absolute atomic E-state index is 0.0240. The monoisotopic (exact) mass is 391 g/mol. The smallest absolute Gasteiger partial charge is 0.325 e. The summed E-state index contributed by atoms with van der Waals surface area (Å²) in [5.41, 5.74) is 3.37. The van der Waals surface area contributed by atoms with Gasteiger partial charge < -0.3 is 10.6 Å². The highest BCUT2D eigenvalue weighted by atomic mass is 16.2. The third kappa shape index (κ3) is 4.31. The molecule has 2 N–H and O–H groups in total. The number of rotatable bonds is 6. The molecule has 6 nitrogen and oxygen atoms in total. The number of hydrogen-bond acceptors (Lipinski definition) is 3. The molecule has 1 fully saturated rings. The number of nitrogens with one attached hydrogen (secondary N) is 2. The topological polar surface area (TPSA) is 78.5 Å². The molecule has 2 atom stereocenters. The van der Waals surface area contributed by atoms with Crippen LogP contribution >= 0.6 is 0 Å². The lowest BCUT2D eigenvalue weighted by Crippen LogP contribution is -2.34. The van der Waals surface area contributed by atoms with Gasteiger partial charge in [0.05, 0.1) is 12.6 Å². The summed E-state index contributed by atoms with van der Waals surface area (Å²) >= 11 is 0. The van der Waals surface area contributed by atoms with Crippen molar-refractivity contribution in [2.24, 2.45) is 0 Å². The maximum Gasteiger partial charge on any atom is 0.325 e. The fourth-order valence-electron chi connectivity index (χ4n) is 4.13. The molecule has 4 rings (SSSR count). The molecule has 2 aromatic carbocycles. The Labute approximate surface area is 170 Å². The Morgan fingerprint density at radius 1 is 1.07 bits per heavy atom. The lowest BCUT2D eigenvalue weighted by atomic mass is 9.87. The molecular formula is C23H25N3O3. The molecule has 0 bridgehead atoms. The third-order valence-corrected chi connectivity index (χ3v) is 5.66. The molecular weight excluding hydrogens is 366 g/mol. The zero-order valence-electron chi connectivity index (χ0n) is 16.3. The summed E-state index contributed by atoms with van der Waals surface area (Å²) in [6.45, 7) is 0.243. The minimum Gasteiger partial charge on any atom is -0.349 e. The number of hydrogen-bond donors (Lipinski definition) is 2. The van der Waals surface area contributed by atoms with Crippen molar-refractivity contribution in [3.8, 4) is 0 Å². The second kappa shape index (κ2) is 8.47. The SMILES string of the molecule is O=C(CCC1NC(=O)N(Cc2ccccc2)C1=O)NC1CCCc2ccccc21. The van der Waals surface area contributed by atoms with E-state index < -0.39 is 12.1 Å². The minimum atomic E-state index is -0.643. The lowest BCUT2D eigenvalue weighted by molar-refractivity contribution is -0.128. The molecule has 150 valence electrons. The summed E-state index contributed by atoms with van der Waals surface area (Å²) in [7, 11) is 0. The van der Waals surface area contributed by atoms with Gasteiger partial charge in [-0.1, -0.05) is 54.6 Å². The number of nitrogens with zero attached hydrogens (tertiary/aromatic N) is 1. The number of urea groups is 1. The van der Waals surface area contributed by atoms with Crippen molar-refractivity contribution < 1.29 is 14.4 Å². The van der Waals surface area contributed by atoms with Gasteiger partial charge in [0, 0.05) is 6.42 Å². The van der Waals surface area contributed by atoms with Gasteiger partial charge in [-0.25, -0.2) is 4.79 Å². The number of amides is 4. The van der Waals surface area contributed by atoms with Crippen LogP contribution in [0.5, 0.6) is 0 Å². The number of aryl methyl sites for hydroxylation is 1. The van der Waals surface area contributed by atoms with Gasteiger partial charge in [0.25, 0.3) is 5.91 Å². The Kier molecular flexibility index (Phi) is 5.60. The van der Waals surface area contributed by atoms with E-state index in [4.69, 9.17) is 0 Å². The van der Waals surface area contributed by atoms with Crippen LogP contribution in [0.1, 0.15) is 48.4 Å². The average Bonchev–Trinajstić information content (AvgIpc) is 3.01. The molecule has 6 heteroatoms. The normalized spacial score (nSPS) is 20.9. The molecule has 1 saturated heterocycles. The first-order valence-electron chi connectivity index (χ1n) is 10.1. The molecule has 0 saturated carbocycles.